The Morgan fingerprint density at radius 2 is 1.95 bits per heavy atom. The van der Waals surface area contributed by atoms with Gasteiger partial charge in [-0.1, -0.05) is 24.9 Å². The summed E-state index contributed by atoms with van der Waals surface area (Å²) in [7, 11) is 0. The van der Waals surface area contributed by atoms with Crippen molar-refractivity contribution < 1.29 is 0 Å². The first-order valence-electron chi connectivity index (χ1n) is 7.48. The molecule has 1 aliphatic rings. The number of hydrogen-bond donors (Lipinski definition) is 1. The first-order chi connectivity index (χ1) is 10.2. The van der Waals surface area contributed by atoms with Gasteiger partial charge in [0.05, 0.1) is 6.04 Å². The zero-order chi connectivity index (χ0) is 14.8. The Morgan fingerprint density at radius 3 is 2.67 bits per heavy atom. The Bertz CT molecular complexity index is 577. The van der Waals surface area contributed by atoms with Gasteiger partial charge in [0.2, 0.25) is 0 Å². The molecule has 0 amide bonds. The third kappa shape index (κ3) is 3.56. The van der Waals surface area contributed by atoms with Crippen LogP contribution in [0.5, 0.6) is 0 Å². The predicted octanol–water partition coefficient (Wildman–Crippen LogP) is 6.19. The lowest BCUT2D eigenvalue weighted by Crippen LogP contribution is -2.20. The summed E-state index contributed by atoms with van der Waals surface area (Å²) in [4.78, 5) is 4.34. The van der Waals surface area contributed by atoms with Gasteiger partial charge in [-0.25, -0.2) is 0 Å². The molecule has 1 atom stereocenters. The number of aryl methyl sites for hydroxylation is 2. The second-order valence-corrected chi connectivity index (χ2v) is 9.13. The Kier molecular flexibility index (Phi) is 5.44. The van der Waals surface area contributed by atoms with Crippen molar-refractivity contribution in [1.29, 1.82) is 0 Å². The number of halogens is 2. The molecule has 2 heterocycles. The van der Waals surface area contributed by atoms with Crippen LogP contribution in [0, 0.1) is 0 Å². The standard InChI is InChI=1S/C16H19BrClNS2/c1-2-19-15(14-9-11(17)16(18)21-14)13-8-10-6-4-3-5-7-12(10)20-13/h8-9,15,19H,2-7H2,1H3. The van der Waals surface area contributed by atoms with Crippen LogP contribution in [0.3, 0.4) is 0 Å². The highest BCUT2D eigenvalue weighted by molar-refractivity contribution is 9.10. The fourth-order valence-corrected chi connectivity index (χ4v) is 6.14. The van der Waals surface area contributed by atoms with Gasteiger partial charge in [-0.05, 0) is 65.9 Å². The van der Waals surface area contributed by atoms with Crippen LogP contribution >= 0.6 is 50.2 Å². The van der Waals surface area contributed by atoms with E-state index < -0.39 is 0 Å². The Morgan fingerprint density at radius 1 is 1.19 bits per heavy atom. The molecule has 0 fully saturated rings. The van der Waals surface area contributed by atoms with Gasteiger partial charge in [0.1, 0.15) is 4.34 Å². The SMILES string of the molecule is CCNC(c1cc(Br)c(Cl)s1)c1cc2c(s1)CCCCC2. The minimum atomic E-state index is 0.278. The summed E-state index contributed by atoms with van der Waals surface area (Å²) in [6.45, 7) is 3.12. The molecule has 1 aliphatic carbocycles. The van der Waals surface area contributed by atoms with Gasteiger partial charge in [-0.3, -0.25) is 0 Å². The van der Waals surface area contributed by atoms with Crippen molar-refractivity contribution in [2.45, 2.75) is 45.1 Å². The highest BCUT2D eigenvalue weighted by Crippen LogP contribution is 2.40. The van der Waals surface area contributed by atoms with Crippen LogP contribution < -0.4 is 5.32 Å². The molecule has 0 spiro atoms. The molecule has 3 rings (SSSR count). The normalized spacial score (nSPS) is 16.5. The lowest BCUT2D eigenvalue weighted by Gasteiger charge is -2.14. The zero-order valence-electron chi connectivity index (χ0n) is 12.0. The molecule has 0 bridgehead atoms. The average molecular weight is 405 g/mol. The van der Waals surface area contributed by atoms with Gasteiger partial charge in [-0.15, -0.1) is 22.7 Å². The van der Waals surface area contributed by atoms with Crippen LogP contribution in [0.4, 0.5) is 0 Å². The average Bonchev–Trinajstić information content (AvgIpc) is 2.93. The number of nitrogens with one attached hydrogen (secondary N) is 1. The van der Waals surface area contributed by atoms with Gasteiger partial charge in [0.15, 0.2) is 0 Å². The van der Waals surface area contributed by atoms with Gasteiger partial charge in [-0.2, -0.15) is 0 Å². The van der Waals surface area contributed by atoms with E-state index in [-0.39, 0.29) is 6.04 Å². The van der Waals surface area contributed by atoms with Gasteiger partial charge >= 0.3 is 0 Å². The molecule has 5 heteroatoms. The third-order valence-corrected chi connectivity index (χ3v) is 7.75. The van der Waals surface area contributed by atoms with E-state index in [1.165, 1.54) is 41.9 Å². The number of hydrogen-bond acceptors (Lipinski definition) is 3. The molecule has 2 aromatic heterocycles. The zero-order valence-corrected chi connectivity index (χ0v) is 16.0. The first-order valence-corrected chi connectivity index (χ1v) is 10.3. The van der Waals surface area contributed by atoms with E-state index >= 15 is 0 Å². The van der Waals surface area contributed by atoms with Gasteiger partial charge < -0.3 is 5.32 Å². The number of thiophene rings is 2. The smallest absolute Gasteiger partial charge is 0.107 e. The molecule has 1 unspecified atom stereocenters. The van der Waals surface area contributed by atoms with E-state index in [1.54, 1.807) is 21.8 Å². The summed E-state index contributed by atoms with van der Waals surface area (Å²) in [5.41, 5.74) is 1.58. The molecule has 114 valence electrons. The number of fused-ring (bicyclic) bond motifs is 1. The maximum atomic E-state index is 6.23. The van der Waals surface area contributed by atoms with Crippen molar-refractivity contribution in [3.63, 3.8) is 0 Å². The highest BCUT2D eigenvalue weighted by atomic mass is 79.9. The van der Waals surface area contributed by atoms with Crippen LogP contribution in [0.1, 0.15) is 52.4 Å². The fraction of sp³-hybridized carbons (Fsp3) is 0.500. The maximum Gasteiger partial charge on any atom is 0.107 e. The monoisotopic (exact) mass is 403 g/mol. The minimum Gasteiger partial charge on any atom is -0.305 e. The van der Waals surface area contributed by atoms with Crippen molar-refractivity contribution in [3.05, 3.63) is 41.1 Å². The summed E-state index contributed by atoms with van der Waals surface area (Å²) in [6, 6.07) is 4.87. The quantitative estimate of drug-likeness (QED) is 0.599. The van der Waals surface area contributed by atoms with E-state index in [0.29, 0.717) is 0 Å². The first kappa shape index (κ1) is 16.0. The van der Waals surface area contributed by atoms with Crippen LogP contribution in [-0.2, 0) is 12.8 Å². The summed E-state index contributed by atoms with van der Waals surface area (Å²) >= 11 is 13.4. The largest absolute Gasteiger partial charge is 0.305 e. The molecule has 0 aromatic carbocycles. The molecule has 21 heavy (non-hydrogen) atoms. The molecule has 0 saturated heterocycles. The van der Waals surface area contributed by atoms with Gasteiger partial charge in [0, 0.05) is 19.1 Å². The molecular weight excluding hydrogens is 386 g/mol. The Labute approximate surface area is 147 Å². The number of rotatable bonds is 4. The molecule has 1 N–H and O–H groups in total. The maximum absolute atomic E-state index is 6.23. The highest BCUT2D eigenvalue weighted by Gasteiger charge is 2.21. The molecular formula is C16H19BrClNS2. The van der Waals surface area contributed by atoms with Crippen molar-refractivity contribution in [2.24, 2.45) is 0 Å². The van der Waals surface area contributed by atoms with Crippen molar-refractivity contribution >= 4 is 50.2 Å². The van der Waals surface area contributed by atoms with Crippen molar-refractivity contribution in [3.8, 4) is 0 Å². The topological polar surface area (TPSA) is 12.0 Å². The van der Waals surface area contributed by atoms with E-state index in [0.717, 1.165) is 15.4 Å². The summed E-state index contributed by atoms with van der Waals surface area (Å²) < 4.78 is 1.84. The summed E-state index contributed by atoms with van der Waals surface area (Å²) in [5.74, 6) is 0. The summed E-state index contributed by atoms with van der Waals surface area (Å²) in [5, 5.41) is 3.62. The van der Waals surface area contributed by atoms with Crippen molar-refractivity contribution in [1.82, 2.24) is 5.32 Å². The summed E-state index contributed by atoms with van der Waals surface area (Å²) in [6.07, 6.45) is 6.56. The van der Waals surface area contributed by atoms with E-state index in [2.05, 4.69) is 40.3 Å². The lowest BCUT2D eigenvalue weighted by molar-refractivity contribution is 0.647. The van der Waals surface area contributed by atoms with E-state index in [1.807, 2.05) is 11.3 Å². The van der Waals surface area contributed by atoms with Crippen LogP contribution in [0.25, 0.3) is 0 Å². The van der Waals surface area contributed by atoms with Crippen LogP contribution in [0.15, 0.2) is 16.6 Å². The third-order valence-electron chi connectivity index (χ3n) is 3.91. The van der Waals surface area contributed by atoms with Crippen LogP contribution in [-0.4, -0.2) is 6.54 Å². The second kappa shape index (κ2) is 7.14. The fourth-order valence-electron chi connectivity index (χ4n) is 2.88. The molecule has 0 aliphatic heterocycles. The molecule has 1 nitrogen and oxygen atoms in total. The second-order valence-electron chi connectivity index (χ2n) is 5.42. The Balaban J connectivity index is 1.93. The Hall–Kier alpha value is 0.130. The minimum absolute atomic E-state index is 0.278. The molecule has 0 radical (unpaired) electrons. The molecule has 2 aromatic rings. The van der Waals surface area contributed by atoms with Crippen LogP contribution in [0.2, 0.25) is 4.34 Å². The van der Waals surface area contributed by atoms with E-state index in [9.17, 15) is 0 Å². The van der Waals surface area contributed by atoms with Gasteiger partial charge in [0.25, 0.3) is 0 Å². The molecule has 0 saturated carbocycles. The lowest BCUT2D eigenvalue weighted by atomic mass is 10.1. The predicted molar refractivity (Wildman–Crippen MR) is 98.1 cm³/mol. The van der Waals surface area contributed by atoms with E-state index in [4.69, 9.17) is 11.6 Å². The van der Waals surface area contributed by atoms with Crippen molar-refractivity contribution in [2.75, 3.05) is 6.54 Å².